The molecule has 1 fully saturated rings. The molecule has 0 aliphatic carbocycles. The largest absolute Gasteiger partial charge is 0.496 e. The van der Waals surface area contributed by atoms with Crippen LogP contribution in [0.4, 0.5) is 5.69 Å². The Morgan fingerprint density at radius 2 is 2.11 bits per heavy atom. The summed E-state index contributed by atoms with van der Waals surface area (Å²) in [4.78, 5) is 0. The predicted molar refractivity (Wildman–Crippen MR) is 76.7 cm³/mol. The van der Waals surface area contributed by atoms with Gasteiger partial charge in [-0.25, -0.2) is 0 Å². The number of rotatable bonds is 4. The van der Waals surface area contributed by atoms with Crippen molar-refractivity contribution in [2.24, 2.45) is 0 Å². The lowest BCUT2D eigenvalue weighted by Crippen LogP contribution is -2.29. The summed E-state index contributed by atoms with van der Waals surface area (Å²) in [5.74, 6) is 0.981. The SMILES string of the molecule is COc1cc(C)c(NCC2CCCN2)c(C)c1C. The third-order valence-corrected chi connectivity index (χ3v) is 3.96. The number of nitrogens with one attached hydrogen (secondary N) is 2. The van der Waals surface area contributed by atoms with Crippen LogP contribution in [-0.2, 0) is 0 Å². The van der Waals surface area contributed by atoms with Crippen molar-refractivity contribution >= 4 is 5.69 Å². The highest BCUT2D eigenvalue weighted by Gasteiger charge is 2.15. The molecule has 1 heterocycles. The quantitative estimate of drug-likeness (QED) is 0.859. The van der Waals surface area contributed by atoms with Gasteiger partial charge in [-0.1, -0.05) is 0 Å². The van der Waals surface area contributed by atoms with Gasteiger partial charge in [-0.3, -0.25) is 0 Å². The molecule has 1 aliphatic rings. The van der Waals surface area contributed by atoms with Crippen molar-refractivity contribution in [3.63, 3.8) is 0 Å². The Labute approximate surface area is 110 Å². The summed E-state index contributed by atoms with van der Waals surface area (Å²) >= 11 is 0. The molecule has 0 bridgehead atoms. The minimum Gasteiger partial charge on any atom is -0.496 e. The van der Waals surface area contributed by atoms with Crippen LogP contribution < -0.4 is 15.4 Å². The van der Waals surface area contributed by atoms with Crippen molar-refractivity contribution in [2.45, 2.75) is 39.7 Å². The molecule has 1 unspecified atom stereocenters. The fraction of sp³-hybridized carbons (Fsp3) is 0.600. The maximum absolute atomic E-state index is 5.40. The van der Waals surface area contributed by atoms with Gasteiger partial charge in [0, 0.05) is 18.3 Å². The zero-order valence-corrected chi connectivity index (χ0v) is 11.9. The molecule has 1 aliphatic heterocycles. The number of anilines is 1. The Morgan fingerprint density at radius 3 is 2.72 bits per heavy atom. The van der Waals surface area contributed by atoms with E-state index in [1.807, 2.05) is 0 Å². The summed E-state index contributed by atoms with van der Waals surface area (Å²) in [6, 6.07) is 2.73. The summed E-state index contributed by atoms with van der Waals surface area (Å²) in [6.07, 6.45) is 2.58. The standard InChI is InChI=1S/C15H24N2O/c1-10-8-14(18-4)11(2)12(3)15(10)17-9-13-6-5-7-16-13/h8,13,16-17H,5-7,9H2,1-4H3. The molecule has 100 valence electrons. The van der Waals surface area contributed by atoms with Crippen molar-refractivity contribution in [1.29, 1.82) is 0 Å². The first-order valence-electron chi connectivity index (χ1n) is 6.75. The van der Waals surface area contributed by atoms with Crippen molar-refractivity contribution in [1.82, 2.24) is 5.32 Å². The van der Waals surface area contributed by atoms with Gasteiger partial charge in [0.1, 0.15) is 5.75 Å². The normalized spacial score (nSPS) is 19.0. The second-order valence-electron chi connectivity index (χ2n) is 5.19. The number of hydrogen-bond acceptors (Lipinski definition) is 3. The van der Waals surface area contributed by atoms with E-state index in [1.165, 1.54) is 35.2 Å². The Hall–Kier alpha value is -1.22. The van der Waals surface area contributed by atoms with E-state index in [0.717, 1.165) is 18.8 Å². The predicted octanol–water partition coefficient (Wildman–Crippen LogP) is 2.78. The second-order valence-corrected chi connectivity index (χ2v) is 5.19. The van der Waals surface area contributed by atoms with E-state index in [1.54, 1.807) is 7.11 Å². The van der Waals surface area contributed by atoms with E-state index in [9.17, 15) is 0 Å². The van der Waals surface area contributed by atoms with Crippen molar-refractivity contribution < 1.29 is 4.74 Å². The molecule has 0 radical (unpaired) electrons. The van der Waals surface area contributed by atoms with Crippen LogP contribution in [0.15, 0.2) is 6.07 Å². The smallest absolute Gasteiger partial charge is 0.122 e. The van der Waals surface area contributed by atoms with Gasteiger partial charge < -0.3 is 15.4 Å². The fourth-order valence-corrected chi connectivity index (χ4v) is 2.69. The maximum Gasteiger partial charge on any atom is 0.122 e. The average Bonchev–Trinajstić information content (AvgIpc) is 2.86. The van der Waals surface area contributed by atoms with Gasteiger partial charge in [-0.05, 0) is 62.9 Å². The van der Waals surface area contributed by atoms with E-state index in [-0.39, 0.29) is 0 Å². The van der Waals surface area contributed by atoms with E-state index in [2.05, 4.69) is 37.5 Å². The van der Waals surface area contributed by atoms with Crippen LogP contribution in [0.25, 0.3) is 0 Å². The van der Waals surface area contributed by atoms with Gasteiger partial charge in [0.25, 0.3) is 0 Å². The molecule has 1 aromatic carbocycles. The molecule has 1 aromatic rings. The lowest BCUT2D eigenvalue weighted by Gasteiger charge is -2.19. The summed E-state index contributed by atoms with van der Waals surface area (Å²) < 4.78 is 5.40. The topological polar surface area (TPSA) is 33.3 Å². The highest BCUT2D eigenvalue weighted by atomic mass is 16.5. The molecule has 18 heavy (non-hydrogen) atoms. The van der Waals surface area contributed by atoms with Gasteiger partial charge in [0.05, 0.1) is 7.11 Å². The zero-order chi connectivity index (χ0) is 13.1. The van der Waals surface area contributed by atoms with Crippen LogP contribution in [0.3, 0.4) is 0 Å². The first-order chi connectivity index (χ1) is 8.63. The minimum atomic E-state index is 0.617. The number of hydrogen-bond donors (Lipinski definition) is 2. The van der Waals surface area contributed by atoms with Crippen molar-refractivity contribution in [3.05, 3.63) is 22.8 Å². The molecule has 1 atom stereocenters. The molecule has 0 aromatic heterocycles. The van der Waals surface area contributed by atoms with Gasteiger partial charge >= 0.3 is 0 Å². The number of aryl methyl sites for hydroxylation is 1. The van der Waals surface area contributed by atoms with Crippen LogP contribution >= 0.6 is 0 Å². The first-order valence-corrected chi connectivity index (χ1v) is 6.75. The van der Waals surface area contributed by atoms with Gasteiger partial charge in [-0.2, -0.15) is 0 Å². The van der Waals surface area contributed by atoms with Crippen LogP contribution in [0.1, 0.15) is 29.5 Å². The number of methoxy groups -OCH3 is 1. The summed E-state index contributed by atoms with van der Waals surface area (Å²) in [5.41, 5.74) is 5.05. The van der Waals surface area contributed by atoms with Gasteiger partial charge in [0.15, 0.2) is 0 Å². The first kappa shape index (κ1) is 13.2. The molecule has 0 spiro atoms. The van der Waals surface area contributed by atoms with Crippen molar-refractivity contribution in [3.8, 4) is 5.75 Å². The lowest BCUT2D eigenvalue weighted by molar-refractivity contribution is 0.411. The van der Waals surface area contributed by atoms with Crippen LogP contribution in [-0.4, -0.2) is 26.2 Å². The van der Waals surface area contributed by atoms with Crippen LogP contribution in [0.2, 0.25) is 0 Å². The molecule has 2 rings (SSSR count). The summed E-state index contributed by atoms with van der Waals surface area (Å²) in [6.45, 7) is 8.58. The number of benzene rings is 1. The molecular weight excluding hydrogens is 224 g/mol. The Bertz CT molecular complexity index is 423. The number of ether oxygens (including phenoxy) is 1. The van der Waals surface area contributed by atoms with Crippen LogP contribution in [0, 0.1) is 20.8 Å². The Balaban J connectivity index is 2.14. The molecule has 1 saturated heterocycles. The zero-order valence-electron chi connectivity index (χ0n) is 11.9. The fourth-order valence-electron chi connectivity index (χ4n) is 2.69. The monoisotopic (exact) mass is 248 g/mol. The third-order valence-electron chi connectivity index (χ3n) is 3.96. The van der Waals surface area contributed by atoms with Crippen molar-refractivity contribution in [2.75, 3.05) is 25.5 Å². The summed E-state index contributed by atoms with van der Waals surface area (Å²) in [7, 11) is 1.73. The summed E-state index contributed by atoms with van der Waals surface area (Å²) in [5, 5.41) is 7.11. The van der Waals surface area contributed by atoms with E-state index in [0.29, 0.717) is 6.04 Å². The highest BCUT2D eigenvalue weighted by Crippen LogP contribution is 2.31. The van der Waals surface area contributed by atoms with Gasteiger partial charge in [-0.15, -0.1) is 0 Å². The Kier molecular flexibility index (Phi) is 4.12. The molecule has 0 amide bonds. The second kappa shape index (κ2) is 5.61. The lowest BCUT2D eigenvalue weighted by atomic mass is 10.0. The maximum atomic E-state index is 5.40. The van der Waals surface area contributed by atoms with Gasteiger partial charge in [0.2, 0.25) is 0 Å². The molecular formula is C15H24N2O. The van der Waals surface area contributed by atoms with E-state index in [4.69, 9.17) is 4.74 Å². The molecule has 3 heteroatoms. The third kappa shape index (κ3) is 2.61. The van der Waals surface area contributed by atoms with E-state index >= 15 is 0 Å². The molecule has 2 N–H and O–H groups in total. The Morgan fingerprint density at radius 1 is 1.33 bits per heavy atom. The average molecular weight is 248 g/mol. The van der Waals surface area contributed by atoms with Crippen LogP contribution in [0.5, 0.6) is 5.75 Å². The minimum absolute atomic E-state index is 0.617. The molecule has 3 nitrogen and oxygen atoms in total. The highest BCUT2D eigenvalue weighted by molar-refractivity contribution is 5.63. The van der Waals surface area contributed by atoms with E-state index < -0.39 is 0 Å². The molecule has 0 saturated carbocycles.